The van der Waals surface area contributed by atoms with Gasteiger partial charge in [0.1, 0.15) is 11.6 Å². The van der Waals surface area contributed by atoms with Gasteiger partial charge < -0.3 is 9.64 Å². The fourth-order valence-corrected chi connectivity index (χ4v) is 2.52. The van der Waals surface area contributed by atoms with Crippen LogP contribution in [-0.4, -0.2) is 13.7 Å². The highest BCUT2D eigenvalue weighted by Gasteiger charge is 2.10. The van der Waals surface area contributed by atoms with Crippen molar-refractivity contribution in [2.45, 2.75) is 13.5 Å². The lowest BCUT2D eigenvalue weighted by molar-refractivity contribution is 0.409. The van der Waals surface area contributed by atoms with Gasteiger partial charge in [0.15, 0.2) is 0 Å². The molecule has 0 radical (unpaired) electrons. The Kier molecular flexibility index (Phi) is 5.01. The van der Waals surface area contributed by atoms with Gasteiger partial charge >= 0.3 is 0 Å². The van der Waals surface area contributed by atoms with Crippen LogP contribution in [0.1, 0.15) is 12.5 Å². The maximum Gasteiger partial charge on any atom is 0.123 e. The lowest BCUT2D eigenvalue weighted by atomic mass is 10.1. The second-order valence-corrected chi connectivity index (χ2v) is 5.36. The van der Waals surface area contributed by atoms with Crippen molar-refractivity contribution in [3.05, 3.63) is 58.3 Å². The largest absolute Gasteiger partial charge is 0.496 e. The first kappa shape index (κ1) is 14.9. The topological polar surface area (TPSA) is 12.5 Å². The minimum atomic E-state index is -0.218. The molecule has 0 heterocycles. The van der Waals surface area contributed by atoms with Crippen LogP contribution < -0.4 is 9.64 Å². The number of hydrogen-bond acceptors (Lipinski definition) is 2. The van der Waals surface area contributed by atoms with Gasteiger partial charge in [0.25, 0.3) is 0 Å². The third-order valence-electron chi connectivity index (χ3n) is 3.18. The van der Waals surface area contributed by atoms with E-state index in [9.17, 15) is 4.39 Å². The highest BCUT2D eigenvalue weighted by molar-refractivity contribution is 9.10. The van der Waals surface area contributed by atoms with Crippen LogP contribution in [0, 0.1) is 5.82 Å². The molecule has 0 saturated heterocycles. The molecule has 106 valence electrons. The molecule has 0 aliphatic rings. The molecule has 0 amide bonds. The van der Waals surface area contributed by atoms with Gasteiger partial charge in [0, 0.05) is 28.8 Å². The van der Waals surface area contributed by atoms with Crippen molar-refractivity contribution in [1.29, 1.82) is 0 Å². The summed E-state index contributed by atoms with van der Waals surface area (Å²) in [7, 11) is 1.67. The van der Waals surface area contributed by atoms with Crippen molar-refractivity contribution in [3.8, 4) is 5.75 Å². The van der Waals surface area contributed by atoms with Crippen molar-refractivity contribution < 1.29 is 9.13 Å². The van der Waals surface area contributed by atoms with Crippen molar-refractivity contribution in [3.63, 3.8) is 0 Å². The molecule has 0 aliphatic heterocycles. The molecular weight excluding hydrogens is 321 g/mol. The van der Waals surface area contributed by atoms with Gasteiger partial charge in [-0.1, -0.05) is 15.9 Å². The lowest BCUT2D eigenvalue weighted by Gasteiger charge is -2.24. The Balaban J connectivity index is 2.26. The second kappa shape index (κ2) is 6.75. The average molecular weight is 338 g/mol. The van der Waals surface area contributed by atoms with Gasteiger partial charge in [-0.15, -0.1) is 0 Å². The van der Waals surface area contributed by atoms with Crippen molar-refractivity contribution in [2.24, 2.45) is 0 Å². The highest BCUT2D eigenvalue weighted by Crippen LogP contribution is 2.26. The smallest absolute Gasteiger partial charge is 0.123 e. The molecule has 0 atom stereocenters. The molecule has 0 spiro atoms. The average Bonchev–Trinajstić information content (AvgIpc) is 2.46. The fraction of sp³-hybridized carbons (Fsp3) is 0.250. The van der Waals surface area contributed by atoms with E-state index in [2.05, 4.69) is 27.8 Å². The quantitative estimate of drug-likeness (QED) is 0.789. The molecule has 0 bridgehead atoms. The van der Waals surface area contributed by atoms with E-state index in [1.54, 1.807) is 19.2 Å². The first-order valence-corrected chi connectivity index (χ1v) is 7.26. The van der Waals surface area contributed by atoms with Gasteiger partial charge in [-0.25, -0.2) is 4.39 Å². The van der Waals surface area contributed by atoms with Gasteiger partial charge in [-0.3, -0.25) is 0 Å². The zero-order valence-electron chi connectivity index (χ0n) is 11.6. The Morgan fingerprint density at radius 1 is 1.15 bits per heavy atom. The van der Waals surface area contributed by atoms with Crippen LogP contribution in [0.25, 0.3) is 0 Å². The van der Waals surface area contributed by atoms with E-state index in [1.807, 2.05) is 18.2 Å². The molecule has 2 aromatic rings. The molecule has 0 N–H and O–H groups in total. The molecule has 0 fully saturated rings. The summed E-state index contributed by atoms with van der Waals surface area (Å²) in [4.78, 5) is 2.17. The third kappa shape index (κ3) is 3.51. The summed E-state index contributed by atoms with van der Waals surface area (Å²) >= 11 is 3.48. The zero-order valence-corrected chi connectivity index (χ0v) is 13.2. The fourth-order valence-electron chi connectivity index (χ4n) is 2.11. The zero-order chi connectivity index (χ0) is 14.5. The van der Waals surface area contributed by atoms with E-state index in [4.69, 9.17) is 4.74 Å². The molecule has 2 rings (SSSR count). The number of methoxy groups -OCH3 is 1. The maximum absolute atomic E-state index is 13.0. The summed E-state index contributed by atoms with van der Waals surface area (Å²) in [6.07, 6.45) is 0. The Morgan fingerprint density at radius 3 is 2.45 bits per heavy atom. The Hall–Kier alpha value is -1.55. The summed E-state index contributed by atoms with van der Waals surface area (Å²) < 4.78 is 19.4. The Labute approximate surface area is 127 Å². The van der Waals surface area contributed by atoms with Crippen LogP contribution in [0.3, 0.4) is 0 Å². The van der Waals surface area contributed by atoms with Crippen LogP contribution in [-0.2, 0) is 6.54 Å². The summed E-state index contributed by atoms with van der Waals surface area (Å²) in [5.41, 5.74) is 2.09. The lowest BCUT2D eigenvalue weighted by Crippen LogP contribution is -2.22. The van der Waals surface area contributed by atoms with Crippen molar-refractivity contribution in [1.82, 2.24) is 0 Å². The number of rotatable bonds is 5. The van der Waals surface area contributed by atoms with Crippen LogP contribution in [0.15, 0.2) is 46.9 Å². The highest BCUT2D eigenvalue weighted by atomic mass is 79.9. The van der Waals surface area contributed by atoms with Gasteiger partial charge in [-0.2, -0.15) is 0 Å². The van der Waals surface area contributed by atoms with E-state index in [0.717, 1.165) is 28.0 Å². The summed E-state index contributed by atoms with van der Waals surface area (Å²) in [5, 5.41) is 0. The SMILES string of the molecule is CCN(Cc1cc(Br)ccc1OC)c1ccc(F)cc1. The standard InChI is InChI=1S/C16H17BrFNO/c1-3-19(15-7-5-14(18)6-8-15)11-12-10-13(17)4-9-16(12)20-2/h4-10H,3,11H2,1-2H3. The number of halogens is 2. The number of anilines is 1. The van der Waals surface area contributed by atoms with Crippen LogP contribution in [0.5, 0.6) is 5.75 Å². The predicted molar refractivity (Wildman–Crippen MR) is 83.8 cm³/mol. The van der Waals surface area contributed by atoms with E-state index < -0.39 is 0 Å². The molecule has 2 aromatic carbocycles. The summed E-state index contributed by atoms with van der Waals surface area (Å²) in [6.45, 7) is 3.62. The van der Waals surface area contributed by atoms with Gasteiger partial charge in [0.2, 0.25) is 0 Å². The normalized spacial score (nSPS) is 10.4. The minimum absolute atomic E-state index is 0.218. The summed E-state index contributed by atoms with van der Waals surface area (Å²) in [5.74, 6) is 0.638. The molecule has 2 nitrogen and oxygen atoms in total. The van der Waals surface area contributed by atoms with Crippen LogP contribution in [0.4, 0.5) is 10.1 Å². The first-order valence-electron chi connectivity index (χ1n) is 6.47. The second-order valence-electron chi connectivity index (χ2n) is 4.45. The Morgan fingerprint density at radius 2 is 1.85 bits per heavy atom. The number of hydrogen-bond donors (Lipinski definition) is 0. The van der Waals surface area contributed by atoms with Gasteiger partial charge in [0.05, 0.1) is 7.11 Å². The molecule has 20 heavy (non-hydrogen) atoms. The maximum atomic E-state index is 13.0. The van der Waals surface area contributed by atoms with E-state index in [-0.39, 0.29) is 5.82 Å². The van der Waals surface area contributed by atoms with Crippen LogP contribution >= 0.6 is 15.9 Å². The Bertz CT molecular complexity index is 571. The number of benzene rings is 2. The molecule has 0 saturated carbocycles. The van der Waals surface area contributed by atoms with Crippen LogP contribution in [0.2, 0.25) is 0 Å². The van der Waals surface area contributed by atoms with E-state index in [0.29, 0.717) is 6.54 Å². The van der Waals surface area contributed by atoms with Crippen molar-refractivity contribution in [2.75, 3.05) is 18.6 Å². The molecule has 0 unspecified atom stereocenters. The third-order valence-corrected chi connectivity index (χ3v) is 3.67. The summed E-state index contributed by atoms with van der Waals surface area (Å²) in [6, 6.07) is 12.5. The van der Waals surface area contributed by atoms with E-state index in [1.165, 1.54) is 12.1 Å². The minimum Gasteiger partial charge on any atom is -0.496 e. The predicted octanol–water partition coefficient (Wildman–Crippen LogP) is 4.62. The number of nitrogens with zero attached hydrogens (tertiary/aromatic N) is 1. The monoisotopic (exact) mass is 337 g/mol. The van der Waals surface area contributed by atoms with E-state index >= 15 is 0 Å². The van der Waals surface area contributed by atoms with Crippen molar-refractivity contribution >= 4 is 21.6 Å². The molecule has 0 aliphatic carbocycles. The molecule has 4 heteroatoms. The molecule has 0 aromatic heterocycles. The molecular formula is C16H17BrFNO. The number of ether oxygens (including phenoxy) is 1. The van der Waals surface area contributed by atoms with Gasteiger partial charge in [-0.05, 0) is 49.4 Å². The first-order chi connectivity index (χ1) is 9.63.